The van der Waals surface area contributed by atoms with E-state index in [1.165, 1.54) is 11.3 Å². The van der Waals surface area contributed by atoms with E-state index in [0.717, 1.165) is 30.9 Å². The zero-order chi connectivity index (χ0) is 10.9. The highest BCUT2D eigenvalue weighted by molar-refractivity contribution is 7.17. The SMILES string of the molecule is COC1(C)CCN(c2ncc(C=O)s2)C1. The van der Waals surface area contributed by atoms with Crippen LogP contribution in [0, 0.1) is 0 Å². The highest BCUT2D eigenvalue weighted by Gasteiger charge is 2.34. The van der Waals surface area contributed by atoms with Crippen molar-refractivity contribution in [2.75, 3.05) is 25.1 Å². The first-order valence-corrected chi connectivity index (χ1v) is 5.70. The molecule has 4 nitrogen and oxygen atoms in total. The normalized spacial score (nSPS) is 25.9. The number of hydrogen-bond donors (Lipinski definition) is 0. The Morgan fingerprint density at radius 3 is 3.07 bits per heavy atom. The van der Waals surface area contributed by atoms with Crippen molar-refractivity contribution in [3.8, 4) is 0 Å². The molecule has 1 aromatic rings. The van der Waals surface area contributed by atoms with E-state index >= 15 is 0 Å². The van der Waals surface area contributed by atoms with Gasteiger partial charge in [0.05, 0.1) is 16.7 Å². The summed E-state index contributed by atoms with van der Waals surface area (Å²) in [5, 5.41) is 0.915. The van der Waals surface area contributed by atoms with Crippen LogP contribution in [0.4, 0.5) is 5.13 Å². The Balaban J connectivity index is 2.10. The first-order valence-electron chi connectivity index (χ1n) is 4.88. The Kier molecular flexibility index (Phi) is 2.75. The van der Waals surface area contributed by atoms with E-state index in [1.807, 2.05) is 0 Å². The second kappa shape index (κ2) is 3.90. The third-order valence-electron chi connectivity index (χ3n) is 2.83. The molecular formula is C10H14N2O2S. The van der Waals surface area contributed by atoms with Crippen LogP contribution in [0.3, 0.4) is 0 Å². The number of aldehydes is 1. The molecule has 0 N–H and O–H groups in total. The number of anilines is 1. The summed E-state index contributed by atoms with van der Waals surface area (Å²) >= 11 is 1.43. The van der Waals surface area contributed by atoms with E-state index in [-0.39, 0.29) is 5.60 Å². The average Bonchev–Trinajstić information content (AvgIpc) is 2.84. The van der Waals surface area contributed by atoms with E-state index in [9.17, 15) is 4.79 Å². The number of aromatic nitrogens is 1. The van der Waals surface area contributed by atoms with Crippen LogP contribution in [0.15, 0.2) is 6.20 Å². The summed E-state index contributed by atoms with van der Waals surface area (Å²) in [7, 11) is 1.74. The topological polar surface area (TPSA) is 42.4 Å². The summed E-state index contributed by atoms with van der Waals surface area (Å²) < 4.78 is 5.45. The molecule has 2 rings (SSSR count). The van der Waals surface area contributed by atoms with Gasteiger partial charge in [-0.2, -0.15) is 0 Å². The molecule has 82 valence electrons. The minimum atomic E-state index is -0.0764. The van der Waals surface area contributed by atoms with Gasteiger partial charge in [-0.05, 0) is 13.3 Å². The molecule has 0 spiro atoms. The number of rotatable bonds is 3. The van der Waals surface area contributed by atoms with E-state index in [4.69, 9.17) is 4.74 Å². The molecule has 0 aliphatic carbocycles. The molecule has 1 fully saturated rings. The summed E-state index contributed by atoms with van der Waals surface area (Å²) in [4.78, 5) is 17.6. The Hall–Kier alpha value is -0.940. The smallest absolute Gasteiger partial charge is 0.186 e. The van der Waals surface area contributed by atoms with E-state index in [0.29, 0.717) is 4.88 Å². The fourth-order valence-electron chi connectivity index (χ4n) is 1.74. The zero-order valence-electron chi connectivity index (χ0n) is 8.90. The zero-order valence-corrected chi connectivity index (χ0v) is 9.71. The molecule has 1 unspecified atom stereocenters. The Labute approximate surface area is 92.9 Å². The maximum atomic E-state index is 10.5. The second-order valence-electron chi connectivity index (χ2n) is 3.99. The lowest BCUT2D eigenvalue weighted by Crippen LogP contribution is -2.31. The molecule has 2 heterocycles. The number of thiazole rings is 1. The molecule has 15 heavy (non-hydrogen) atoms. The van der Waals surface area contributed by atoms with Gasteiger partial charge in [0.2, 0.25) is 0 Å². The van der Waals surface area contributed by atoms with Gasteiger partial charge in [-0.15, -0.1) is 0 Å². The third-order valence-corrected chi connectivity index (χ3v) is 3.81. The summed E-state index contributed by atoms with van der Waals surface area (Å²) in [6.45, 7) is 3.88. The van der Waals surface area contributed by atoms with Crippen LogP contribution in [0.1, 0.15) is 23.0 Å². The van der Waals surface area contributed by atoms with Gasteiger partial charge < -0.3 is 9.64 Å². The van der Waals surface area contributed by atoms with Crippen molar-refractivity contribution in [3.05, 3.63) is 11.1 Å². The minimum Gasteiger partial charge on any atom is -0.377 e. The number of methoxy groups -OCH3 is 1. The van der Waals surface area contributed by atoms with Crippen molar-refractivity contribution in [1.82, 2.24) is 4.98 Å². The first-order chi connectivity index (χ1) is 7.17. The van der Waals surface area contributed by atoms with Crippen molar-refractivity contribution in [2.24, 2.45) is 0 Å². The van der Waals surface area contributed by atoms with Gasteiger partial charge in [-0.1, -0.05) is 11.3 Å². The molecule has 1 aliphatic heterocycles. The first kappa shape index (κ1) is 10.6. The lowest BCUT2D eigenvalue weighted by Gasteiger charge is -2.22. The second-order valence-corrected chi connectivity index (χ2v) is 5.03. The summed E-state index contributed by atoms with van der Waals surface area (Å²) in [6.07, 6.45) is 3.46. The largest absolute Gasteiger partial charge is 0.377 e. The molecule has 1 atom stereocenters. The third kappa shape index (κ3) is 2.03. The van der Waals surface area contributed by atoms with Crippen LogP contribution >= 0.6 is 11.3 Å². The molecule has 1 aromatic heterocycles. The Morgan fingerprint density at radius 2 is 2.53 bits per heavy atom. The van der Waals surface area contributed by atoms with Crippen LogP contribution in [0.2, 0.25) is 0 Å². The lowest BCUT2D eigenvalue weighted by atomic mass is 10.1. The van der Waals surface area contributed by atoms with Gasteiger partial charge >= 0.3 is 0 Å². The molecule has 0 amide bonds. The molecule has 0 bridgehead atoms. The molecule has 0 aromatic carbocycles. The van der Waals surface area contributed by atoms with Crippen LogP contribution in [0.5, 0.6) is 0 Å². The van der Waals surface area contributed by atoms with Gasteiger partial charge in [-0.3, -0.25) is 4.79 Å². The summed E-state index contributed by atoms with van der Waals surface area (Å²) in [5.41, 5.74) is -0.0764. The average molecular weight is 226 g/mol. The fourth-order valence-corrected chi connectivity index (χ4v) is 2.50. The van der Waals surface area contributed by atoms with Crippen molar-refractivity contribution in [1.29, 1.82) is 0 Å². The van der Waals surface area contributed by atoms with Crippen LogP contribution in [0.25, 0.3) is 0 Å². The molecule has 1 aliphatic rings. The predicted molar refractivity (Wildman–Crippen MR) is 59.7 cm³/mol. The molecule has 0 radical (unpaired) electrons. The summed E-state index contributed by atoms with van der Waals surface area (Å²) in [6, 6.07) is 0. The number of hydrogen-bond acceptors (Lipinski definition) is 5. The number of nitrogens with zero attached hydrogens (tertiary/aromatic N) is 2. The molecular weight excluding hydrogens is 212 g/mol. The standard InChI is InChI=1S/C10H14N2O2S/c1-10(14-2)3-4-12(7-10)9-11-5-8(6-13)15-9/h5-6H,3-4,7H2,1-2H3. The van der Waals surface area contributed by atoms with E-state index < -0.39 is 0 Å². The van der Waals surface area contributed by atoms with Crippen LogP contribution in [-0.2, 0) is 4.74 Å². The summed E-state index contributed by atoms with van der Waals surface area (Å²) in [5.74, 6) is 0. The maximum absolute atomic E-state index is 10.5. The Morgan fingerprint density at radius 1 is 1.73 bits per heavy atom. The van der Waals surface area contributed by atoms with Gasteiger partial charge in [0, 0.05) is 20.2 Å². The molecule has 5 heteroatoms. The molecule has 0 saturated carbocycles. The van der Waals surface area contributed by atoms with Gasteiger partial charge in [0.25, 0.3) is 0 Å². The molecule has 1 saturated heterocycles. The predicted octanol–water partition coefficient (Wildman–Crippen LogP) is 1.57. The van der Waals surface area contributed by atoms with Crippen LogP contribution in [-0.4, -0.2) is 37.1 Å². The van der Waals surface area contributed by atoms with E-state index in [1.54, 1.807) is 13.3 Å². The quantitative estimate of drug-likeness (QED) is 0.734. The van der Waals surface area contributed by atoms with Crippen molar-refractivity contribution in [3.63, 3.8) is 0 Å². The van der Waals surface area contributed by atoms with Crippen LogP contribution < -0.4 is 4.90 Å². The van der Waals surface area contributed by atoms with Crippen molar-refractivity contribution >= 4 is 22.8 Å². The minimum absolute atomic E-state index is 0.0764. The van der Waals surface area contributed by atoms with E-state index in [2.05, 4.69) is 16.8 Å². The maximum Gasteiger partial charge on any atom is 0.186 e. The van der Waals surface area contributed by atoms with Gasteiger partial charge in [0.15, 0.2) is 11.4 Å². The van der Waals surface area contributed by atoms with Gasteiger partial charge in [0.1, 0.15) is 0 Å². The lowest BCUT2D eigenvalue weighted by molar-refractivity contribution is 0.0257. The van der Waals surface area contributed by atoms with Gasteiger partial charge in [-0.25, -0.2) is 4.98 Å². The highest BCUT2D eigenvalue weighted by Crippen LogP contribution is 2.30. The van der Waals surface area contributed by atoms with Crippen molar-refractivity contribution < 1.29 is 9.53 Å². The number of carbonyl (C=O) groups is 1. The van der Waals surface area contributed by atoms with Crippen molar-refractivity contribution in [2.45, 2.75) is 18.9 Å². The highest BCUT2D eigenvalue weighted by atomic mass is 32.1. The fraction of sp³-hybridized carbons (Fsp3) is 0.600. The monoisotopic (exact) mass is 226 g/mol. The number of ether oxygens (including phenoxy) is 1. The Bertz CT molecular complexity index is 366. The number of carbonyl (C=O) groups excluding carboxylic acids is 1.